The Morgan fingerprint density at radius 3 is 3.17 bits per heavy atom. The predicted molar refractivity (Wildman–Crippen MR) is 65.7 cm³/mol. The van der Waals surface area contributed by atoms with E-state index >= 15 is 0 Å². The van der Waals surface area contributed by atoms with Crippen molar-refractivity contribution in [3.63, 3.8) is 0 Å². The molecule has 0 bridgehead atoms. The first-order valence-electron chi connectivity index (χ1n) is 6.43. The average molecular weight is 247 g/mol. The number of aromatic nitrogens is 2. The number of nitrogens with zero attached hydrogens (tertiary/aromatic N) is 3. The van der Waals surface area contributed by atoms with Crippen LogP contribution in [0.5, 0.6) is 0 Å². The zero-order valence-electron chi connectivity index (χ0n) is 10.5. The molecule has 0 saturated carbocycles. The Balaban J connectivity index is 1.70. The molecule has 0 radical (unpaired) electrons. The number of rotatable bonds is 3. The van der Waals surface area contributed by atoms with Crippen LogP contribution in [-0.2, 0) is 6.54 Å². The maximum absolute atomic E-state index is 5.28. The van der Waals surface area contributed by atoms with Crippen molar-refractivity contribution in [2.75, 3.05) is 6.54 Å². The van der Waals surface area contributed by atoms with E-state index in [-0.39, 0.29) is 0 Å². The first-order chi connectivity index (χ1) is 8.83. The van der Waals surface area contributed by atoms with Gasteiger partial charge in [-0.05, 0) is 38.4 Å². The Morgan fingerprint density at radius 1 is 1.44 bits per heavy atom. The monoisotopic (exact) mass is 247 g/mol. The zero-order valence-corrected chi connectivity index (χ0v) is 10.5. The Bertz CT molecular complexity index is 492. The van der Waals surface area contributed by atoms with E-state index in [1.54, 1.807) is 6.26 Å². The Morgan fingerprint density at radius 2 is 2.39 bits per heavy atom. The predicted octanol–water partition coefficient (Wildman–Crippen LogP) is 2.70. The van der Waals surface area contributed by atoms with Crippen molar-refractivity contribution in [1.29, 1.82) is 0 Å². The van der Waals surface area contributed by atoms with E-state index in [0.717, 1.165) is 13.1 Å². The van der Waals surface area contributed by atoms with Crippen molar-refractivity contribution in [1.82, 2.24) is 15.0 Å². The molecule has 3 heterocycles. The van der Waals surface area contributed by atoms with Crippen LogP contribution in [0.2, 0.25) is 0 Å². The molecule has 0 spiro atoms. The Hall–Kier alpha value is -1.62. The van der Waals surface area contributed by atoms with Crippen LogP contribution in [0.1, 0.15) is 32.1 Å². The number of furan rings is 1. The van der Waals surface area contributed by atoms with E-state index in [9.17, 15) is 0 Å². The van der Waals surface area contributed by atoms with Crippen molar-refractivity contribution in [3.8, 4) is 11.6 Å². The second-order valence-corrected chi connectivity index (χ2v) is 4.80. The molecular formula is C13H17N3O2. The highest BCUT2D eigenvalue weighted by Crippen LogP contribution is 2.20. The summed E-state index contributed by atoms with van der Waals surface area (Å²) >= 11 is 0. The van der Waals surface area contributed by atoms with Crippen LogP contribution < -0.4 is 0 Å². The molecule has 1 unspecified atom stereocenters. The summed E-state index contributed by atoms with van der Waals surface area (Å²) in [5, 5.41) is 3.94. The van der Waals surface area contributed by atoms with Gasteiger partial charge in [-0.2, -0.15) is 4.98 Å². The minimum absolute atomic E-state index is 0.527. The van der Waals surface area contributed by atoms with E-state index < -0.39 is 0 Å². The second kappa shape index (κ2) is 4.94. The smallest absolute Gasteiger partial charge is 0.241 e. The molecule has 3 rings (SSSR count). The topological polar surface area (TPSA) is 55.3 Å². The lowest BCUT2D eigenvalue weighted by Crippen LogP contribution is -2.36. The van der Waals surface area contributed by atoms with Crippen molar-refractivity contribution in [3.05, 3.63) is 24.3 Å². The van der Waals surface area contributed by atoms with Gasteiger partial charge >= 0.3 is 0 Å². The molecule has 0 aliphatic carbocycles. The summed E-state index contributed by atoms with van der Waals surface area (Å²) in [6, 6.07) is 4.24. The molecule has 2 aromatic heterocycles. The fraction of sp³-hybridized carbons (Fsp3) is 0.538. The highest BCUT2D eigenvalue weighted by molar-refractivity contribution is 5.44. The van der Waals surface area contributed by atoms with Crippen LogP contribution in [0.15, 0.2) is 27.3 Å². The largest absolute Gasteiger partial charge is 0.461 e. The average Bonchev–Trinajstić information content (AvgIpc) is 3.02. The molecule has 96 valence electrons. The molecule has 18 heavy (non-hydrogen) atoms. The number of hydrogen-bond acceptors (Lipinski definition) is 5. The summed E-state index contributed by atoms with van der Waals surface area (Å²) in [4.78, 5) is 6.76. The molecular weight excluding hydrogens is 230 g/mol. The van der Waals surface area contributed by atoms with Crippen LogP contribution in [0, 0.1) is 0 Å². The molecule has 5 heteroatoms. The highest BCUT2D eigenvalue weighted by Gasteiger charge is 2.21. The van der Waals surface area contributed by atoms with Crippen molar-refractivity contribution < 1.29 is 8.94 Å². The molecule has 1 aliphatic heterocycles. The summed E-state index contributed by atoms with van der Waals surface area (Å²) in [6.07, 6.45) is 5.43. The third-order valence-corrected chi connectivity index (χ3v) is 3.49. The van der Waals surface area contributed by atoms with Crippen LogP contribution in [0.4, 0.5) is 0 Å². The minimum Gasteiger partial charge on any atom is -0.461 e. The first kappa shape index (κ1) is 11.5. The fourth-order valence-electron chi connectivity index (χ4n) is 2.39. The standard InChI is InChI=1S/C13H17N3O2/c1-10-5-2-3-7-16(10)9-12-14-13(15-18-12)11-6-4-8-17-11/h4,6,8,10H,2-3,5,7,9H2,1H3. The fourth-order valence-corrected chi connectivity index (χ4v) is 2.39. The van der Waals surface area contributed by atoms with E-state index in [1.165, 1.54) is 19.3 Å². The van der Waals surface area contributed by atoms with E-state index in [0.29, 0.717) is 23.5 Å². The van der Waals surface area contributed by atoms with Crippen molar-refractivity contribution in [2.24, 2.45) is 0 Å². The van der Waals surface area contributed by atoms with E-state index in [4.69, 9.17) is 8.94 Å². The van der Waals surface area contributed by atoms with Crippen LogP contribution in [0.25, 0.3) is 11.6 Å². The van der Waals surface area contributed by atoms with Crippen molar-refractivity contribution >= 4 is 0 Å². The van der Waals surface area contributed by atoms with Gasteiger partial charge in [0.2, 0.25) is 11.7 Å². The zero-order chi connectivity index (χ0) is 12.4. The number of likely N-dealkylation sites (tertiary alicyclic amines) is 1. The van der Waals surface area contributed by atoms with Gasteiger partial charge in [0.25, 0.3) is 0 Å². The molecule has 0 N–H and O–H groups in total. The lowest BCUT2D eigenvalue weighted by atomic mass is 10.0. The normalized spacial score (nSPS) is 21.3. The molecule has 5 nitrogen and oxygen atoms in total. The molecule has 1 aliphatic rings. The lowest BCUT2D eigenvalue weighted by Gasteiger charge is -2.31. The van der Waals surface area contributed by atoms with E-state index in [1.807, 2.05) is 12.1 Å². The quantitative estimate of drug-likeness (QED) is 0.834. The summed E-state index contributed by atoms with van der Waals surface area (Å²) in [6.45, 7) is 4.09. The van der Waals surface area contributed by atoms with Gasteiger partial charge in [0.05, 0.1) is 12.8 Å². The summed E-state index contributed by atoms with van der Waals surface area (Å²) in [5.41, 5.74) is 0. The maximum Gasteiger partial charge on any atom is 0.241 e. The van der Waals surface area contributed by atoms with Gasteiger partial charge in [0.1, 0.15) is 0 Å². The molecule has 0 amide bonds. The Kier molecular flexibility index (Phi) is 3.15. The SMILES string of the molecule is CC1CCCCN1Cc1nc(-c2ccco2)no1. The van der Waals surface area contributed by atoms with Crippen molar-refractivity contribution in [2.45, 2.75) is 38.8 Å². The summed E-state index contributed by atoms with van der Waals surface area (Å²) in [5.74, 6) is 1.84. The lowest BCUT2D eigenvalue weighted by molar-refractivity contribution is 0.135. The minimum atomic E-state index is 0.527. The summed E-state index contributed by atoms with van der Waals surface area (Å²) < 4.78 is 10.5. The third-order valence-electron chi connectivity index (χ3n) is 3.49. The highest BCUT2D eigenvalue weighted by atomic mass is 16.5. The van der Waals surface area contributed by atoms with Gasteiger partial charge in [-0.1, -0.05) is 11.6 Å². The van der Waals surface area contributed by atoms with Crippen LogP contribution >= 0.6 is 0 Å². The third kappa shape index (κ3) is 2.31. The molecule has 0 aromatic carbocycles. The van der Waals surface area contributed by atoms with Gasteiger partial charge in [-0.15, -0.1) is 0 Å². The van der Waals surface area contributed by atoms with Gasteiger partial charge in [-0.3, -0.25) is 4.90 Å². The van der Waals surface area contributed by atoms with Gasteiger partial charge < -0.3 is 8.94 Å². The number of hydrogen-bond donors (Lipinski definition) is 0. The summed E-state index contributed by atoms with van der Waals surface area (Å²) in [7, 11) is 0. The molecule has 1 saturated heterocycles. The van der Waals surface area contributed by atoms with Gasteiger partial charge in [0, 0.05) is 6.04 Å². The van der Waals surface area contributed by atoms with Crippen LogP contribution in [0.3, 0.4) is 0 Å². The first-order valence-corrected chi connectivity index (χ1v) is 6.43. The second-order valence-electron chi connectivity index (χ2n) is 4.80. The molecule has 2 aromatic rings. The maximum atomic E-state index is 5.28. The van der Waals surface area contributed by atoms with Gasteiger partial charge in [0.15, 0.2) is 5.76 Å². The molecule has 1 atom stereocenters. The van der Waals surface area contributed by atoms with Gasteiger partial charge in [-0.25, -0.2) is 0 Å². The molecule has 1 fully saturated rings. The number of piperidine rings is 1. The van der Waals surface area contributed by atoms with Crippen LogP contribution in [-0.4, -0.2) is 27.6 Å². The Labute approximate surface area is 106 Å². The van der Waals surface area contributed by atoms with E-state index in [2.05, 4.69) is 22.0 Å².